The molecular formula is C22H19F2N3. The van der Waals surface area contributed by atoms with Crippen molar-refractivity contribution in [2.75, 3.05) is 0 Å². The number of aryl methyl sites for hydroxylation is 1. The molecule has 0 N–H and O–H groups in total. The van der Waals surface area contributed by atoms with E-state index in [0.29, 0.717) is 17.1 Å². The van der Waals surface area contributed by atoms with Crippen molar-refractivity contribution >= 4 is 22.8 Å². The van der Waals surface area contributed by atoms with Crippen LogP contribution in [-0.2, 0) is 0 Å². The lowest BCUT2D eigenvalue weighted by Crippen LogP contribution is -2.05. The third kappa shape index (κ3) is 4.50. The van der Waals surface area contributed by atoms with Crippen molar-refractivity contribution in [3.05, 3.63) is 89.2 Å². The fourth-order valence-electron chi connectivity index (χ4n) is 2.57. The summed E-state index contributed by atoms with van der Waals surface area (Å²) in [4.78, 5) is 13.5. The van der Waals surface area contributed by atoms with Gasteiger partial charge < -0.3 is 0 Å². The van der Waals surface area contributed by atoms with Crippen molar-refractivity contribution in [2.24, 2.45) is 9.98 Å². The van der Waals surface area contributed by atoms with Crippen molar-refractivity contribution in [1.82, 2.24) is 4.98 Å². The zero-order chi connectivity index (χ0) is 19.4. The van der Waals surface area contributed by atoms with Gasteiger partial charge in [-0.05, 0) is 56.7 Å². The maximum absolute atomic E-state index is 13.8. The second-order valence-electron chi connectivity index (χ2n) is 6.18. The first-order valence-corrected chi connectivity index (χ1v) is 8.53. The van der Waals surface area contributed by atoms with Crippen molar-refractivity contribution in [1.29, 1.82) is 0 Å². The fraction of sp³-hybridized carbons (Fsp3) is 0.136. The largest absolute Gasteiger partial charge is 0.251 e. The lowest BCUT2D eigenvalue weighted by molar-refractivity contribution is 0.585. The van der Waals surface area contributed by atoms with Gasteiger partial charge in [-0.2, -0.15) is 0 Å². The minimum absolute atomic E-state index is 0.0754. The molecule has 0 radical (unpaired) electrons. The minimum atomic E-state index is -0.706. The van der Waals surface area contributed by atoms with Crippen LogP contribution in [-0.4, -0.2) is 16.4 Å². The summed E-state index contributed by atoms with van der Waals surface area (Å²) in [5.74, 6) is -1.34. The topological polar surface area (TPSA) is 37.6 Å². The van der Waals surface area contributed by atoms with Crippen molar-refractivity contribution in [2.45, 2.75) is 20.8 Å². The van der Waals surface area contributed by atoms with Crippen LogP contribution in [0.2, 0.25) is 0 Å². The summed E-state index contributed by atoms with van der Waals surface area (Å²) in [6.45, 7) is 5.64. The second kappa shape index (κ2) is 7.99. The normalized spacial score (nSPS) is 12.3. The number of hydrogen-bond acceptors (Lipinski definition) is 3. The first-order valence-electron chi connectivity index (χ1n) is 8.53. The Balaban J connectivity index is 1.93. The predicted molar refractivity (Wildman–Crippen MR) is 106 cm³/mol. The Kier molecular flexibility index (Phi) is 5.50. The predicted octanol–water partition coefficient (Wildman–Crippen LogP) is 5.95. The quantitative estimate of drug-likeness (QED) is 0.528. The van der Waals surface area contributed by atoms with Crippen LogP contribution in [0, 0.1) is 18.6 Å². The molecular weight excluding hydrogens is 344 g/mol. The van der Waals surface area contributed by atoms with Crippen molar-refractivity contribution in [3.8, 4) is 0 Å². The first-order chi connectivity index (χ1) is 12.9. The van der Waals surface area contributed by atoms with Gasteiger partial charge in [-0.1, -0.05) is 24.3 Å². The number of nitrogens with zero attached hydrogens (tertiary/aromatic N) is 3. The van der Waals surface area contributed by atoms with Gasteiger partial charge in [0, 0.05) is 6.07 Å². The van der Waals surface area contributed by atoms with Crippen LogP contribution in [0.1, 0.15) is 30.8 Å². The maximum Gasteiger partial charge on any atom is 0.151 e. The molecule has 0 saturated carbocycles. The Labute approximate surface area is 157 Å². The highest BCUT2D eigenvalue weighted by atomic mass is 19.1. The van der Waals surface area contributed by atoms with Gasteiger partial charge in [-0.15, -0.1) is 0 Å². The zero-order valence-electron chi connectivity index (χ0n) is 15.4. The van der Waals surface area contributed by atoms with Crippen LogP contribution in [0.5, 0.6) is 0 Å². The fourth-order valence-corrected chi connectivity index (χ4v) is 2.57. The van der Waals surface area contributed by atoms with Gasteiger partial charge in [0.1, 0.15) is 5.82 Å². The SMILES string of the molecule is CC(=Nc1ccccc1C)c1cccc(C(C)=Nc2ccc(F)cc2F)n1. The Bertz CT molecular complexity index is 1040. The number of pyridine rings is 1. The van der Waals surface area contributed by atoms with Crippen LogP contribution < -0.4 is 0 Å². The lowest BCUT2D eigenvalue weighted by Gasteiger charge is -2.06. The van der Waals surface area contributed by atoms with E-state index in [2.05, 4.69) is 15.0 Å². The number of aliphatic imine (C=N–C) groups is 2. The molecule has 0 spiro atoms. The van der Waals surface area contributed by atoms with E-state index in [1.165, 1.54) is 12.1 Å². The van der Waals surface area contributed by atoms with Crippen LogP contribution in [0.3, 0.4) is 0 Å². The van der Waals surface area contributed by atoms with Crippen molar-refractivity contribution in [3.63, 3.8) is 0 Å². The second-order valence-corrected chi connectivity index (χ2v) is 6.18. The highest BCUT2D eigenvalue weighted by Crippen LogP contribution is 2.21. The van der Waals surface area contributed by atoms with E-state index in [1.54, 1.807) is 13.0 Å². The number of benzene rings is 2. The van der Waals surface area contributed by atoms with Gasteiger partial charge >= 0.3 is 0 Å². The van der Waals surface area contributed by atoms with E-state index in [4.69, 9.17) is 0 Å². The smallest absolute Gasteiger partial charge is 0.151 e. The van der Waals surface area contributed by atoms with E-state index in [9.17, 15) is 8.78 Å². The summed E-state index contributed by atoms with van der Waals surface area (Å²) >= 11 is 0. The molecule has 0 unspecified atom stereocenters. The Hall–Kier alpha value is -3.21. The molecule has 5 heteroatoms. The van der Waals surface area contributed by atoms with E-state index in [0.717, 1.165) is 23.0 Å². The summed E-state index contributed by atoms with van der Waals surface area (Å²) in [7, 11) is 0. The van der Waals surface area contributed by atoms with E-state index < -0.39 is 11.6 Å². The van der Waals surface area contributed by atoms with Crippen LogP contribution in [0.4, 0.5) is 20.2 Å². The minimum Gasteiger partial charge on any atom is -0.251 e. The maximum atomic E-state index is 13.8. The molecule has 0 aliphatic rings. The van der Waals surface area contributed by atoms with Gasteiger partial charge in [0.25, 0.3) is 0 Å². The van der Waals surface area contributed by atoms with E-state index in [-0.39, 0.29) is 5.69 Å². The molecule has 0 fully saturated rings. The van der Waals surface area contributed by atoms with Crippen LogP contribution in [0.25, 0.3) is 0 Å². The van der Waals surface area contributed by atoms with Gasteiger partial charge in [-0.25, -0.2) is 18.8 Å². The molecule has 136 valence electrons. The molecule has 3 aromatic rings. The highest BCUT2D eigenvalue weighted by Gasteiger charge is 2.07. The standard InChI is InChI=1S/C22H19F2N3/c1-14-7-4-5-8-19(14)25-15(2)20-9-6-10-21(27-20)16(3)26-22-12-11-17(23)13-18(22)24/h4-13H,1-3H3. The number of hydrogen-bond donors (Lipinski definition) is 0. The van der Waals surface area contributed by atoms with Crippen molar-refractivity contribution < 1.29 is 8.78 Å². The number of para-hydroxylation sites is 1. The average Bonchev–Trinajstić information content (AvgIpc) is 2.66. The monoisotopic (exact) mass is 363 g/mol. The van der Waals surface area contributed by atoms with E-state index >= 15 is 0 Å². The van der Waals surface area contributed by atoms with Gasteiger partial charge in [-0.3, -0.25) is 4.99 Å². The van der Waals surface area contributed by atoms with Crippen LogP contribution in [0.15, 0.2) is 70.6 Å². The Morgan fingerprint density at radius 2 is 1.41 bits per heavy atom. The number of aromatic nitrogens is 1. The summed E-state index contributed by atoms with van der Waals surface area (Å²) in [5.41, 5.74) is 4.67. The summed E-state index contributed by atoms with van der Waals surface area (Å²) in [6.07, 6.45) is 0. The first kappa shape index (κ1) is 18.6. The number of rotatable bonds is 4. The molecule has 3 rings (SSSR count). The van der Waals surface area contributed by atoms with Gasteiger partial charge in [0.15, 0.2) is 5.82 Å². The van der Waals surface area contributed by atoms with Gasteiger partial charge in [0.05, 0.1) is 34.2 Å². The average molecular weight is 363 g/mol. The molecule has 0 aliphatic heterocycles. The molecule has 0 amide bonds. The molecule has 0 bridgehead atoms. The molecule has 3 nitrogen and oxygen atoms in total. The zero-order valence-corrected chi connectivity index (χ0v) is 15.4. The molecule has 0 atom stereocenters. The summed E-state index contributed by atoms with van der Waals surface area (Å²) < 4.78 is 26.9. The Morgan fingerprint density at radius 3 is 2.04 bits per heavy atom. The molecule has 1 aromatic heterocycles. The molecule has 1 heterocycles. The summed E-state index contributed by atoms with van der Waals surface area (Å²) in [5, 5.41) is 0. The molecule has 0 saturated heterocycles. The number of halogens is 2. The summed E-state index contributed by atoms with van der Waals surface area (Å²) in [6, 6.07) is 16.7. The molecule has 2 aromatic carbocycles. The van der Waals surface area contributed by atoms with E-state index in [1.807, 2.05) is 50.2 Å². The third-order valence-electron chi connectivity index (χ3n) is 4.09. The lowest BCUT2D eigenvalue weighted by atomic mass is 10.2. The highest BCUT2D eigenvalue weighted by molar-refractivity contribution is 6.02. The van der Waals surface area contributed by atoms with Crippen LogP contribution >= 0.6 is 0 Å². The molecule has 27 heavy (non-hydrogen) atoms. The molecule has 0 aliphatic carbocycles. The third-order valence-corrected chi connectivity index (χ3v) is 4.09. The Morgan fingerprint density at radius 1 is 0.778 bits per heavy atom. The van der Waals surface area contributed by atoms with Gasteiger partial charge in [0.2, 0.25) is 0 Å².